The molecule has 4 rings (SSSR count). The topological polar surface area (TPSA) is 63.7 Å². The molecule has 1 saturated heterocycles. The molecule has 3 aromatic rings. The smallest absolute Gasteiger partial charge is 0.266 e. The molecule has 150 valence electrons. The van der Waals surface area contributed by atoms with Crippen molar-refractivity contribution >= 4 is 28.4 Å². The Morgan fingerprint density at radius 1 is 1.17 bits per heavy atom. The molecular weight excluding hydrogens is 390 g/mol. The number of nitrogens with one attached hydrogen (secondary N) is 1. The highest BCUT2D eigenvalue weighted by Crippen LogP contribution is 2.28. The van der Waals surface area contributed by atoms with Gasteiger partial charge in [0.05, 0.1) is 36.6 Å². The van der Waals surface area contributed by atoms with Crippen LogP contribution in [0.1, 0.15) is 17.3 Å². The predicted octanol–water partition coefficient (Wildman–Crippen LogP) is 3.93. The van der Waals surface area contributed by atoms with E-state index in [4.69, 9.17) is 26.1 Å². The van der Waals surface area contributed by atoms with E-state index in [1.165, 1.54) is 0 Å². The Bertz CT molecular complexity index is 1020. The largest absolute Gasteiger partial charge is 0.494 e. The first kappa shape index (κ1) is 19.6. The number of aromatic nitrogens is 1. The van der Waals surface area contributed by atoms with Crippen molar-refractivity contribution in [2.24, 2.45) is 0 Å². The van der Waals surface area contributed by atoms with Crippen LogP contribution in [-0.4, -0.2) is 48.8 Å². The van der Waals surface area contributed by atoms with Gasteiger partial charge in [-0.25, -0.2) is 9.99 Å². The Labute approximate surface area is 174 Å². The molecule has 6 nitrogen and oxygen atoms in total. The minimum atomic E-state index is -0.186. The summed E-state index contributed by atoms with van der Waals surface area (Å²) in [7, 11) is 0. The van der Waals surface area contributed by atoms with Gasteiger partial charge in [0.2, 0.25) is 0 Å². The van der Waals surface area contributed by atoms with Crippen LogP contribution >= 0.6 is 11.6 Å². The van der Waals surface area contributed by atoms with E-state index in [9.17, 15) is 4.79 Å². The third-order valence-corrected chi connectivity index (χ3v) is 4.98. The van der Waals surface area contributed by atoms with Crippen LogP contribution in [0.2, 0.25) is 5.02 Å². The van der Waals surface area contributed by atoms with Crippen molar-refractivity contribution in [1.82, 2.24) is 15.4 Å². The van der Waals surface area contributed by atoms with E-state index in [1.807, 2.05) is 48.3 Å². The highest BCUT2D eigenvalue weighted by atomic mass is 35.5. The normalized spacial score (nSPS) is 14.7. The number of rotatable bonds is 5. The van der Waals surface area contributed by atoms with Gasteiger partial charge >= 0.3 is 0 Å². The lowest BCUT2D eigenvalue weighted by Gasteiger charge is -2.27. The zero-order valence-corrected chi connectivity index (χ0v) is 16.9. The number of pyridine rings is 1. The van der Waals surface area contributed by atoms with Gasteiger partial charge in [-0.05, 0) is 55.5 Å². The maximum Gasteiger partial charge on any atom is 0.266 e. The summed E-state index contributed by atoms with van der Waals surface area (Å²) in [4.78, 5) is 17.8. The number of benzene rings is 2. The quantitative estimate of drug-likeness (QED) is 0.689. The number of carbonyl (C=O) groups excluding carboxylic acids is 1. The Morgan fingerprint density at radius 3 is 2.66 bits per heavy atom. The Morgan fingerprint density at radius 2 is 1.93 bits per heavy atom. The maximum atomic E-state index is 13.1. The fraction of sp³-hybridized carbons (Fsp3) is 0.273. The lowest BCUT2D eigenvalue weighted by molar-refractivity contribution is 0.0127. The van der Waals surface area contributed by atoms with Crippen molar-refractivity contribution in [1.29, 1.82) is 0 Å². The minimum Gasteiger partial charge on any atom is -0.494 e. The summed E-state index contributed by atoms with van der Waals surface area (Å²) in [6.45, 7) is 5.06. The second-order valence-electron chi connectivity index (χ2n) is 6.71. The first-order valence-corrected chi connectivity index (χ1v) is 9.99. The molecule has 0 bridgehead atoms. The number of carbonyl (C=O) groups is 1. The highest BCUT2D eigenvalue weighted by molar-refractivity contribution is 6.31. The van der Waals surface area contributed by atoms with Gasteiger partial charge in [-0.3, -0.25) is 10.2 Å². The molecular formula is C22H22ClN3O3. The van der Waals surface area contributed by atoms with Gasteiger partial charge in [-0.1, -0.05) is 11.6 Å². The third kappa shape index (κ3) is 4.50. The highest BCUT2D eigenvalue weighted by Gasteiger charge is 2.18. The van der Waals surface area contributed by atoms with E-state index in [1.54, 1.807) is 12.1 Å². The number of hydrazine groups is 1. The maximum absolute atomic E-state index is 13.1. The second kappa shape index (κ2) is 8.78. The van der Waals surface area contributed by atoms with E-state index in [-0.39, 0.29) is 5.91 Å². The summed E-state index contributed by atoms with van der Waals surface area (Å²) in [6, 6.07) is 14.9. The number of ether oxygens (including phenoxy) is 2. The van der Waals surface area contributed by atoms with Gasteiger partial charge in [0, 0.05) is 29.1 Å². The summed E-state index contributed by atoms with van der Waals surface area (Å²) < 4.78 is 10.9. The summed E-state index contributed by atoms with van der Waals surface area (Å²) in [6.07, 6.45) is 0. The molecule has 0 radical (unpaired) electrons. The fourth-order valence-corrected chi connectivity index (χ4v) is 3.47. The van der Waals surface area contributed by atoms with E-state index >= 15 is 0 Å². The Balaban J connectivity index is 1.72. The summed E-state index contributed by atoms with van der Waals surface area (Å²) in [5.41, 5.74) is 5.85. The number of fused-ring (bicyclic) bond motifs is 1. The van der Waals surface area contributed by atoms with Crippen LogP contribution in [0.15, 0.2) is 48.5 Å². The Kier molecular flexibility index (Phi) is 5.94. The van der Waals surface area contributed by atoms with Gasteiger partial charge in [0.1, 0.15) is 5.75 Å². The minimum absolute atomic E-state index is 0.186. The van der Waals surface area contributed by atoms with Crippen LogP contribution in [0.25, 0.3) is 22.2 Å². The lowest BCUT2D eigenvalue weighted by Crippen LogP contribution is -2.48. The van der Waals surface area contributed by atoms with Crippen molar-refractivity contribution in [3.8, 4) is 17.0 Å². The molecule has 1 aromatic heterocycles. The third-order valence-electron chi connectivity index (χ3n) is 4.75. The molecule has 0 atom stereocenters. The molecule has 1 fully saturated rings. The van der Waals surface area contributed by atoms with E-state index < -0.39 is 0 Å². The zero-order chi connectivity index (χ0) is 20.2. The molecule has 0 unspecified atom stereocenters. The molecule has 29 heavy (non-hydrogen) atoms. The standard InChI is InChI=1S/C22H22ClN3O3/c1-2-29-17-6-3-15(4-7-17)21-14-19(18-13-16(23)5-8-20(18)24-21)22(27)25-26-9-11-28-12-10-26/h3-8,13-14H,2,9-12H2,1H3,(H,25,27). The lowest BCUT2D eigenvalue weighted by atomic mass is 10.0. The van der Waals surface area contributed by atoms with Crippen LogP contribution in [-0.2, 0) is 4.74 Å². The van der Waals surface area contributed by atoms with Crippen molar-refractivity contribution in [2.45, 2.75) is 6.92 Å². The average molecular weight is 412 g/mol. The van der Waals surface area contributed by atoms with Crippen LogP contribution < -0.4 is 10.2 Å². The van der Waals surface area contributed by atoms with Gasteiger partial charge in [-0.2, -0.15) is 0 Å². The van der Waals surface area contributed by atoms with Gasteiger partial charge in [-0.15, -0.1) is 0 Å². The first-order valence-electron chi connectivity index (χ1n) is 9.61. The summed E-state index contributed by atoms with van der Waals surface area (Å²) in [5, 5.41) is 3.16. The molecule has 1 N–H and O–H groups in total. The van der Waals surface area contributed by atoms with Crippen LogP contribution in [0.4, 0.5) is 0 Å². The molecule has 0 aliphatic carbocycles. The number of halogens is 1. The molecule has 1 aliphatic rings. The molecule has 0 spiro atoms. The van der Waals surface area contributed by atoms with Gasteiger partial charge in [0.25, 0.3) is 5.91 Å². The molecule has 7 heteroatoms. The second-order valence-corrected chi connectivity index (χ2v) is 7.15. The first-order chi connectivity index (χ1) is 14.1. The SMILES string of the molecule is CCOc1ccc(-c2cc(C(=O)NN3CCOCC3)c3cc(Cl)ccc3n2)cc1. The molecule has 0 saturated carbocycles. The van der Waals surface area contributed by atoms with Gasteiger partial charge in [0.15, 0.2) is 0 Å². The Hall–Kier alpha value is -2.67. The number of amides is 1. The molecule has 2 heterocycles. The summed E-state index contributed by atoms with van der Waals surface area (Å²) >= 11 is 6.19. The van der Waals surface area contributed by atoms with Crippen molar-refractivity contribution < 1.29 is 14.3 Å². The van der Waals surface area contributed by atoms with Crippen molar-refractivity contribution in [2.75, 3.05) is 32.9 Å². The van der Waals surface area contributed by atoms with E-state index in [0.717, 1.165) is 22.4 Å². The summed E-state index contributed by atoms with van der Waals surface area (Å²) in [5.74, 6) is 0.614. The number of morpholine rings is 1. The average Bonchev–Trinajstić information content (AvgIpc) is 2.74. The van der Waals surface area contributed by atoms with Crippen LogP contribution in [0.5, 0.6) is 5.75 Å². The molecule has 1 amide bonds. The van der Waals surface area contributed by atoms with E-state index in [2.05, 4.69) is 5.43 Å². The molecule has 2 aromatic carbocycles. The van der Waals surface area contributed by atoms with Crippen LogP contribution in [0.3, 0.4) is 0 Å². The number of hydrogen-bond donors (Lipinski definition) is 1. The zero-order valence-electron chi connectivity index (χ0n) is 16.2. The monoisotopic (exact) mass is 411 g/mol. The number of hydrogen-bond acceptors (Lipinski definition) is 5. The fourth-order valence-electron chi connectivity index (χ4n) is 3.30. The van der Waals surface area contributed by atoms with E-state index in [0.29, 0.717) is 49.0 Å². The van der Waals surface area contributed by atoms with Crippen LogP contribution in [0, 0.1) is 0 Å². The number of nitrogens with zero attached hydrogens (tertiary/aromatic N) is 2. The van der Waals surface area contributed by atoms with Crippen molar-refractivity contribution in [3.63, 3.8) is 0 Å². The predicted molar refractivity (Wildman–Crippen MR) is 113 cm³/mol. The van der Waals surface area contributed by atoms with Gasteiger partial charge < -0.3 is 9.47 Å². The molecule has 1 aliphatic heterocycles. The van der Waals surface area contributed by atoms with Crippen molar-refractivity contribution in [3.05, 3.63) is 59.1 Å².